The first kappa shape index (κ1) is 26.2. The number of ether oxygens (including phenoxy) is 1. The Morgan fingerprint density at radius 1 is 0.971 bits per heavy atom. The highest BCUT2D eigenvalue weighted by Crippen LogP contribution is 2.71. The van der Waals surface area contributed by atoms with Crippen LogP contribution in [0.4, 0.5) is 0 Å². The number of aliphatic hydroxyl groups excluding tert-OH is 2. The van der Waals surface area contributed by atoms with Crippen LogP contribution in [-0.4, -0.2) is 35.5 Å². The van der Waals surface area contributed by atoms with E-state index in [0.717, 1.165) is 24.2 Å². The van der Waals surface area contributed by atoms with Crippen LogP contribution in [-0.2, 0) is 9.53 Å². The molecular formula is C30H50O4. The zero-order valence-corrected chi connectivity index (χ0v) is 22.2. The van der Waals surface area contributed by atoms with E-state index >= 15 is 0 Å². The minimum absolute atomic E-state index is 0.103. The number of hydrogen-bond acceptors (Lipinski definition) is 4. The van der Waals surface area contributed by atoms with Crippen molar-refractivity contribution in [2.75, 3.05) is 13.2 Å². The zero-order valence-electron chi connectivity index (χ0n) is 22.2. The molecule has 34 heavy (non-hydrogen) atoms. The molecule has 0 aromatic carbocycles. The maximum atomic E-state index is 11.7. The van der Waals surface area contributed by atoms with E-state index in [0.29, 0.717) is 35.2 Å². The largest absolute Gasteiger partial charge is 0.463 e. The molecule has 0 bridgehead atoms. The lowest BCUT2D eigenvalue weighted by Crippen LogP contribution is -2.61. The van der Waals surface area contributed by atoms with Gasteiger partial charge in [-0.3, -0.25) is 0 Å². The second kappa shape index (κ2) is 9.88. The third-order valence-electron chi connectivity index (χ3n) is 11.9. The van der Waals surface area contributed by atoms with Crippen LogP contribution < -0.4 is 0 Å². The standard InChI is InChI=1S/C27H44O4.C3H6/c1-17-19-8-12-26(3)20-9-14-27(16-31-24(30)15-28)11-4-5-21(27)18(20)6-7-23(26)25(19,2)13-10-22(17)29;1-3-2/h17-23,28-29H,4-16H2,1-3H3;3H,1H2,2H3. The molecule has 0 radical (unpaired) electrons. The van der Waals surface area contributed by atoms with Gasteiger partial charge in [-0.2, -0.15) is 0 Å². The molecule has 5 aliphatic carbocycles. The van der Waals surface area contributed by atoms with Crippen LogP contribution in [0.3, 0.4) is 0 Å². The van der Waals surface area contributed by atoms with Crippen LogP contribution in [0, 0.1) is 51.8 Å². The van der Waals surface area contributed by atoms with Gasteiger partial charge < -0.3 is 14.9 Å². The van der Waals surface area contributed by atoms with Crippen LogP contribution in [0.15, 0.2) is 12.7 Å². The first-order valence-electron chi connectivity index (χ1n) is 14.2. The summed E-state index contributed by atoms with van der Waals surface area (Å²) in [5.74, 6) is 3.71. The molecule has 4 heteroatoms. The topological polar surface area (TPSA) is 66.8 Å². The van der Waals surface area contributed by atoms with Crippen molar-refractivity contribution in [3.63, 3.8) is 0 Å². The summed E-state index contributed by atoms with van der Waals surface area (Å²) in [6, 6.07) is 0. The van der Waals surface area contributed by atoms with Crippen LogP contribution >= 0.6 is 0 Å². The van der Waals surface area contributed by atoms with E-state index in [4.69, 9.17) is 9.84 Å². The molecule has 5 rings (SSSR count). The van der Waals surface area contributed by atoms with Crippen molar-refractivity contribution in [3.05, 3.63) is 12.7 Å². The summed E-state index contributed by atoms with van der Waals surface area (Å²) in [7, 11) is 0. The molecule has 0 saturated heterocycles. The fourth-order valence-electron chi connectivity index (χ4n) is 10.5. The van der Waals surface area contributed by atoms with E-state index in [-0.39, 0.29) is 11.5 Å². The summed E-state index contributed by atoms with van der Waals surface area (Å²) in [4.78, 5) is 11.7. The normalized spacial score (nSPS) is 49.3. The van der Waals surface area contributed by atoms with Crippen molar-refractivity contribution >= 4 is 5.97 Å². The Bertz CT molecular complexity index is 750. The summed E-state index contributed by atoms with van der Waals surface area (Å²) in [5, 5.41) is 19.7. The van der Waals surface area contributed by atoms with Crippen LogP contribution in [0.1, 0.15) is 98.3 Å². The fraction of sp³-hybridized carbons (Fsp3) is 0.900. The maximum absolute atomic E-state index is 11.7. The number of esters is 1. The first-order chi connectivity index (χ1) is 16.2. The van der Waals surface area contributed by atoms with Gasteiger partial charge in [0.05, 0.1) is 12.7 Å². The van der Waals surface area contributed by atoms with Crippen molar-refractivity contribution in [1.29, 1.82) is 0 Å². The smallest absolute Gasteiger partial charge is 0.331 e. The van der Waals surface area contributed by atoms with Crippen LogP contribution in [0.25, 0.3) is 0 Å². The Balaban J connectivity index is 0.000000868. The van der Waals surface area contributed by atoms with E-state index in [1.165, 1.54) is 64.2 Å². The average Bonchev–Trinajstić information content (AvgIpc) is 3.25. The number of allylic oxidation sites excluding steroid dienone is 1. The number of carbonyl (C=O) groups is 1. The van der Waals surface area contributed by atoms with Gasteiger partial charge in [-0.1, -0.05) is 33.3 Å². The molecule has 0 spiro atoms. The lowest BCUT2D eigenvalue weighted by Gasteiger charge is -2.67. The SMILES string of the molecule is C=CC.CC1C(O)CCC2(C)C1CCC1(C)C3CCC4(COC(=O)CO)CCCC4C3CCC21. The Hall–Kier alpha value is -0.870. The van der Waals surface area contributed by atoms with Crippen LogP contribution in [0.2, 0.25) is 0 Å². The Kier molecular flexibility index (Phi) is 7.62. The molecule has 10 unspecified atom stereocenters. The Morgan fingerprint density at radius 2 is 1.62 bits per heavy atom. The highest BCUT2D eigenvalue weighted by Gasteiger charge is 2.64. The highest BCUT2D eigenvalue weighted by molar-refractivity contribution is 5.70. The summed E-state index contributed by atoms with van der Waals surface area (Å²) in [6.45, 7) is 12.8. The zero-order chi connectivity index (χ0) is 24.7. The van der Waals surface area contributed by atoms with Gasteiger partial charge in [-0.15, -0.1) is 6.58 Å². The van der Waals surface area contributed by atoms with Gasteiger partial charge in [0.25, 0.3) is 0 Å². The molecular weight excluding hydrogens is 424 g/mol. The Labute approximate surface area is 207 Å². The first-order valence-corrected chi connectivity index (χ1v) is 14.2. The average molecular weight is 475 g/mol. The molecule has 2 N–H and O–H groups in total. The van der Waals surface area contributed by atoms with E-state index < -0.39 is 12.6 Å². The van der Waals surface area contributed by atoms with Crippen molar-refractivity contribution in [2.45, 2.75) is 104 Å². The monoisotopic (exact) mass is 474 g/mol. The summed E-state index contributed by atoms with van der Waals surface area (Å²) < 4.78 is 5.54. The van der Waals surface area contributed by atoms with Crippen molar-refractivity contribution < 1.29 is 19.7 Å². The number of fused-ring (bicyclic) bond motifs is 7. The van der Waals surface area contributed by atoms with Gasteiger partial charge in [0.1, 0.15) is 6.61 Å². The Morgan fingerprint density at radius 3 is 2.32 bits per heavy atom. The quantitative estimate of drug-likeness (QED) is 0.380. The lowest BCUT2D eigenvalue weighted by atomic mass is 9.37. The van der Waals surface area contributed by atoms with Gasteiger partial charge in [0.2, 0.25) is 0 Å². The third-order valence-corrected chi connectivity index (χ3v) is 11.9. The molecule has 0 aromatic rings. The highest BCUT2D eigenvalue weighted by atomic mass is 16.5. The number of rotatable bonds is 3. The summed E-state index contributed by atoms with van der Waals surface area (Å²) >= 11 is 0. The van der Waals surface area contributed by atoms with Crippen molar-refractivity contribution in [1.82, 2.24) is 0 Å². The van der Waals surface area contributed by atoms with Crippen molar-refractivity contribution in [2.24, 2.45) is 51.8 Å². The van der Waals surface area contributed by atoms with E-state index in [9.17, 15) is 9.90 Å². The predicted octanol–water partition coefficient (Wildman–Crippen LogP) is 6.15. The molecule has 0 amide bonds. The van der Waals surface area contributed by atoms with Gasteiger partial charge in [-0.25, -0.2) is 4.79 Å². The third kappa shape index (κ3) is 4.09. The summed E-state index contributed by atoms with van der Waals surface area (Å²) in [5.41, 5.74) is 0.976. The van der Waals surface area contributed by atoms with E-state index in [2.05, 4.69) is 27.4 Å². The molecule has 0 aromatic heterocycles. The van der Waals surface area contributed by atoms with Gasteiger partial charge >= 0.3 is 5.97 Å². The fourth-order valence-corrected chi connectivity index (χ4v) is 10.5. The van der Waals surface area contributed by atoms with Gasteiger partial charge in [0, 0.05) is 5.41 Å². The molecule has 5 saturated carbocycles. The molecule has 0 heterocycles. The van der Waals surface area contributed by atoms with Crippen LogP contribution in [0.5, 0.6) is 0 Å². The number of carbonyl (C=O) groups excluding carboxylic acids is 1. The van der Waals surface area contributed by atoms with Crippen molar-refractivity contribution in [3.8, 4) is 0 Å². The molecule has 0 aliphatic heterocycles. The number of hydrogen-bond donors (Lipinski definition) is 2. The number of aliphatic hydroxyl groups is 2. The lowest BCUT2D eigenvalue weighted by molar-refractivity contribution is -0.199. The molecule has 5 fully saturated rings. The second-order valence-electron chi connectivity index (χ2n) is 13.1. The maximum Gasteiger partial charge on any atom is 0.331 e. The molecule has 194 valence electrons. The van der Waals surface area contributed by atoms with E-state index in [1.807, 2.05) is 6.92 Å². The minimum Gasteiger partial charge on any atom is -0.463 e. The van der Waals surface area contributed by atoms with Gasteiger partial charge in [-0.05, 0) is 117 Å². The van der Waals surface area contributed by atoms with E-state index in [1.54, 1.807) is 6.08 Å². The second-order valence-corrected chi connectivity index (χ2v) is 13.1. The molecule has 5 aliphatic rings. The molecule has 10 atom stereocenters. The molecule has 4 nitrogen and oxygen atoms in total. The van der Waals surface area contributed by atoms with Gasteiger partial charge in [0.15, 0.2) is 0 Å². The minimum atomic E-state index is -0.501. The predicted molar refractivity (Wildman–Crippen MR) is 136 cm³/mol. The summed E-state index contributed by atoms with van der Waals surface area (Å²) in [6.07, 6.45) is 15.3.